The molecule has 1 atom stereocenters. The van der Waals surface area contributed by atoms with E-state index in [1.807, 2.05) is 0 Å². The summed E-state index contributed by atoms with van der Waals surface area (Å²) in [6, 6.07) is 13.4. The van der Waals surface area contributed by atoms with Gasteiger partial charge in [0.05, 0.1) is 7.11 Å². The van der Waals surface area contributed by atoms with Crippen LogP contribution in [0.1, 0.15) is 24.8 Å². The fourth-order valence-electron chi connectivity index (χ4n) is 3.06. The van der Waals surface area contributed by atoms with Crippen LogP contribution in [0.25, 0.3) is 10.8 Å². The van der Waals surface area contributed by atoms with Crippen molar-refractivity contribution in [2.75, 3.05) is 13.7 Å². The van der Waals surface area contributed by atoms with Crippen molar-refractivity contribution in [3.63, 3.8) is 0 Å². The summed E-state index contributed by atoms with van der Waals surface area (Å²) >= 11 is 0. The molecule has 0 spiro atoms. The van der Waals surface area contributed by atoms with Crippen LogP contribution in [0, 0.1) is 0 Å². The molecule has 1 fully saturated rings. The Kier molecular flexibility index (Phi) is 3.69. The number of hydrogen-bond donors (Lipinski definition) is 1. The lowest BCUT2D eigenvalue weighted by Gasteiger charge is -2.25. The number of ether oxygens (including phenoxy) is 1. The minimum atomic E-state index is 0.591. The Morgan fingerprint density at radius 2 is 2.05 bits per heavy atom. The van der Waals surface area contributed by atoms with Crippen LogP contribution >= 0.6 is 0 Å². The average molecular weight is 255 g/mol. The molecule has 1 aliphatic rings. The van der Waals surface area contributed by atoms with Gasteiger partial charge in [0, 0.05) is 11.6 Å². The first-order chi connectivity index (χ1) is 9.38. The Morgan fingerprint density at radius 1 is 1.16 bits per heavy atom. The molecule has 0 bridgehead atoms. The van der Waals surface area contributed by atoms with Crippen LogP contribution in [0.3, 0.4) is 0 Å². The van der Waals surface area contributed by atoms with Gasteiger partial charge in [0.1, 0.15) is 5.75 Å². The van der Waals surface area contributed by atoms with E-state index >= 15 is 0 Å². The van der Waals surface area contributed by atoms with Crippen molar-refractivity contribution in [3.8, 4) is 5.75 Å². The van der Waals surface area contributed by atoms with E-state index < -0.39 is 0 Å². The second kappa shape index (κ2) is 5.62. The van der Waals surface area contributed by atoms with Crippen molar-refractivity contribution in [2.45, 2.75) is 31.7 Å². The molecule has 1 heterocycles. The van der Waals surface area contributed by atoms with Crippen molar-refractivity contribution in [3.05, 3.63) is 42.0 Å². The third-order valence-electron chi connectivity index (χ3n) is 4.08. The van der Waals surface area contributed by atoms with E-state index in [1.165, 1.54) is 35.6 Å². The Labute approximate surface area is 114 Å². The fourth-order valence-corrected chi connectivity index (χ4v) is 3.06. The molecule has 0 saturated carbocycles. The largest absolute Gasteiger partial charge is 0.496 e. The molecule has 2 aromatic rings. The lowest BCUT2D eigenvalue weighted by Crippen LogP contribution is -2.35. The van der Waals surface area contributed by atoms with Crippen molar-refractivity contribution < 1.29 is 4.74 Å². The number of benzene rings is 2. The predicted molar refractivity (Wildman–Crippen MR) is 79.8 cm³/mol. The maximum absolute atomic E-state index is 5.57. The molecule has 19 heavy (non-hydrogen) atoms. The first-order valence-electron chi connectivity index (χ1n) is 7.16. The minimum absolute atomic E-state index is 0.591. The van der Waals surface area contributed by atoms with Crippen LogP contribution in [-0.4, -0.2) is 19.7 Å². The second-order valence-corrected chi connectivity index (χ2v) is 5.32. The van der Waals surface area contributed by atoms with Crippen molar-refractivity contribution >= 4 is 10.8 Å². The highest BCUT2D eigenvalue weighted by Crippen LogP contribution is 2.30. The topological polar surface area (TPSA) is 21.3 Å². The number of nitrogens with one attached hydrogen (secondary N) is 1. The van der Waals surface area contributed by atoms with Crippen LogP contribution in [0.4, 0.5) is 0 Å². The van der Waals surface area contributed by atoms with Crippen LogP contribution < -0.4 is 10.1 Å². The zero-order valence-corrected chi connectivity index (χ0v) is 11.5. The molecule has 0 aromatic heterocycles. The third kappa shape index (κ3) is 2.59. The Bertz CT molecular complexity index is 558. The van der Waals surface area contributed by atoms with E-state index in [2.05, 4.69) is 41.7 Å². The molecule has 0 radical (unpaired) electrons. The van der Waals surface area contributed by atoms with Crippen molar-refractivity contribution in [1.82, 2.24) is 5.32 Å². The fraction of sp³-hybridized carbons (Fsp3) is 0.412. The summed E-state index contributed by atoms with van der Waals surface area (Å²) in [5.74, 6) is 1.02. The normalized spacial score (nSPS) is 19.5. The van der Waals surface area contributed by atoms with Gasteiger partial charge in [-0.15, -0.1) is 0 Å². The Balaban J connectivity index is 1.98. The van der Waals surface area contributed by atoms with Gasteiger partial charge in [-0.3, -0.25) is 0 Å². The van der Waals surface area contributed by atoms with Gasteiger partial charge in [0.25, 0.3) is 0 Å². The summed E-state index contributed by atoms with van der Waals surface area (Å²) in [5.41, 5.74) is 1.35. The number of piperidine rings is 1. The van der Waals surface area contributed by atoms with Crippen LogP contribution in [0.5, 0.6) is 5.75 Å². The Morgan fingerprint density at radius 3 is 2.84 bits per heavy atom. The van der Waals surface area contributed by atoms with E-state index in [9.17, 15) is 0 Å². The summed E-state index contributed by atoms with van der Waals surface area (Å²) in [6.45, 7) is 1.15. The molecule has 1 N–H and O–H groups in total. The average Bonchev–Trinajstić information content (AvgIpc) is 2.49. The molecule has 1 saturated heterocycles. The van der Waals surface area contributed by atoms with Gasteiger partial charge < -0.3 is 10.1 Å². The second-order valence-electron chi connectivity index (χ2n) is 5.32. The van der Waals surface area contributed by atoms with E-state index in [4.69, 9.17) is 4.74 Å². The van der Waals surface area contributed by atoms with Crippen LogP contribution in [-0.2, 0) is 6.42 Å². The summed E-state index contributed by atoms with van der Waals surface area (Å²) in [7, 11) is 1.77. The zero-order valence-electron chi connectivity index (χ0n) is 11.5. The maximum atomic E-state index is 5.57. The lowest BCUT2D eigenvalue weighted by atomic mass is 9.93. The summed E-state index contributed by atoms with van der Waals surface area (Å²) in [5, 5.41) is 6.26. The van der Waals surface area contributed by atoms with Crippen LogP contribution in [0.15, 0.2) is 36.4 Å². The standard InChI is InChI=1S/C17H21NO/c1-19-17-10-9-13-6-2-3-8-15(13)16(17)12-14-7-4-5-11-18-14/h2-3,6,8-10,14,18H,4-5,7,11-12H2,1H3. The monoisotopic (exact) mass is 255 g/mol. The highest BCUT2D eigenvalue weighted by molar-refractivity contribution is 5.87. The summed E-state index contributed by atoms with van der Waals surface area (Å²) in [6.07, 6.45) is 4.98. The quantitative estimate of drug-likeness (QED) is 0.906. The summed E-state index contributed by atoms with van der Waals surface area (Å²) in [4.78, 5) is 0. The molecule has 100 valence electrons. The highest BCUT2D eigenvalue weighted by Gasteiger charge is 2.17. The smallest absolute Gasteiger partial charge is 0.122 e. The SMILES string of the molecule is COc1ccc2ccccc2c1CC1CCCCN1. The number of fused-ring (bicyclic) bond motifs is 1. The van der Waals surface area contributed by atoms with Crippen molar-refractivity contribution in [2.24, 2.45) is 0 Å². The van der Waals surface area contributed by atoms with Gasteiger partial charge in [0.2, 0.25) is 0 Å². The maximum Gasteiger partial charge on any atom is 0.122 e. The van der Waals surface area contributed by atoms with E-state index in [0.717, 1.165) is 18.7 Å². The van der Waals surface area contributed by atoms with E-state index in [1.54, 1.807) is 7.11 Å². The molecular weight excluding hydrogens is 234 g/mol. The third-order valence-corrected chi connectivity index (χ3v) is 4.08. The molecule has 2 heteroatoms. The molecule has 1 aliphatic heterocycles. The number of methoxy groups -OCH3 is 1. The number of hydrogen-bond acceptors (Lipinski definition) is 2. The van der Waals surface area contributed by atoms with Gasteiger partial charge in [-0.25, -0.2) is 0 Å². The van der Waals surface area contributed by atoms with E-state index in [-0.39, 0.29) is 0 Å². The first-order valence-corrected chi connectivity index (χ1v) is 7.16. The van der Waals surface area contributed by atoms with Gasteiger partial charge in [-0.05, 0) is 42.6 Å². The minimum Gasteiger partial charge on any atom is -0.496 e. The molecule has 2 aromatic carbocycles. The van der Waals surface area contributed by atoms with Gasteiger partial charge >= 0.3 is 0 Å². The van der Waals surface area contributed by atoms with Gasteiger partial charge in [-0.2, -0.15) is 0 Å². The van der Waals surface area contributed by atoms with Crippen molar-refractivity contribution in [1.29, 1.82) is 0 Å². The Hall–Kier alpha value is -1.54. The van der Waals surface area contributed by atoms with E-state index in [0.29, 0.717) is 6.04 Å². The van der Waals surface area contributed by atoms with Gasteiger partial charge in [-0.1, -0.05) is 36.8 Å². The predicted octanol–water partition coefficient (Wildman–Crippen LogP) is 3.53. The summed E-state index contributed by atoms with van der Waals surface area (Å²) < 4.78 is 5.57. The zero-order chi connectivity index (χ0) is 13.1. The lowest BCUT2D eigenvalue weighted by molar-refractivity contribution is 0.383. The number of rotatable bonds is 3. The highest BCUT2D eigenvalue weighted by atomic mass is 16.5. The van der Waals surface area contributed by atoms with Crippen LogP contribution in [0.2, 0.25) is 0 Å². The molecule has 0 amide bonds. The van der Waals surface area contributed by atoms with Gasteiger partial charge in [0.15, 0.2) is 0 Å². The first kappa shape index (κ1) is 12.5. The molecule has 0 aliphatic carbocycles. The molecule has 1 unspecified atom stereocenters. The molecule has 2 nitrogen and oxygen atoms in total. The molecule has 3 rings (SSSR count). The molecular formula is C17H21NO.